The number of carbonyl (C=O) groups is 1. The molecular formula is C15H23N3O2S. The van der Waals surface area contributed by atoms with Gasteiger partial charge in [0.05, 0.1) is 12.3 Å². The van der Waals surface area contributed by atoms with Gasteiger partial charge in [-0.15, -0.1) is 11.7 Å². The zero-order chi connectivity index (χ0) is 15.1. The van der Waals surface area contributed by atoms with Crippen LogP contribution in [0.4, 0.5) is 0 Å². The number of carbonyl (C=O) groups excluding carboxylic acids is 1. The summed E-state index contributed by atoms with van der Waals surface area (Å²) in [6.45, 7) is 8.68. The Morgan fingerprint density at radius 3 is 2.95 bits per heavy atom. The summed E-state index contributed by atoms with van der Waals surface area (Å²) < 4.78 is 9.44. The van der Waals surface area contributed by atoms with Gasteiger partial charge < -0.3 is 9.64 Å². The van der Waals surface area contributed by atoms with Gasteiger partial charge in [0.25, 0.3) is 5.91 Å². The van der Waals surface area contributed by atoms with Gasteiger partial charge in [0.15, 0.2) is 0 Å². The number of amides is 1. The lowest BCUT2D eigenvalue weighted by atomic mass is 9.97. The lowest BCUT2D eigenvalue weighted by Gasteiger charge is -2.31. The molecule has 0 saturated carbocycles. The number of hydrogen-bond acceptors (Lipinski definition) is 5. The van der Waals surface area contributed by atoms with E-state index < -0.39 is 0 Å². The number of rotatable bonds is 7. The molecule has 116 valence electrons. The molecule has 0 atom stereocenters. The second kappa shape index (κ2) is 8.24. The minimum Gasteiger partial charge on any atom is -0.377 e. The fourth-order valence-electron chi connectivity index (χ4n) is 2.54. The molecule has 0 unspecified atom stereocenters. The summed E-state index contributed by atoms with van der Waals surface area (Å²) in [7, 11) is 0. The van der Waals surface area contributed by atoms with E-state index in [9.17, 15) is 4.79 Å². The fourth-order valence-corrected chi connectivity index (χ4v) is 3.21. The normalized spacial score (nSPS) is 16.1. The van der Waals surface area contributed by atoms with Crippen molar-refractivity contribution in [2.45, 2.75) is 32.6 Å². The van der Waals surface area contributed by atoms with Crippen molar-refractivity contribution in [3.63, 3.8) is 0 Å². The van der Waals surface area contributed by atoms with Crippen LogP contribution in [0, 0.1) is 5.92 Å². The molecule has 0 N–H and O–H groups in total. The SMILES string of the molecule is C=CCOCC1CCN(C(=O)c2snnc2CCC)CC1. The van der Waals surface area contributed by atoms with Crippen LogP contribution in [0.2, 0.25) is 0 Å². The first kappa shape index (κ1) is 16.1. The first-order valence-corrected chi connectivity index (χ1v) is 8.32. The third kappa shape index (κ3) is 4.35. The molecule has 21 heavy (non-hydrogen) atoms. The van der Waals surface area contributed by atoms with E-state index in [0.29, 0.717) is 12.5 Å². The monoisotopic (exact) mass is 309 g/mol. The molecule has 0 radical (unpaired) electrons. The van der Waals surface area contributed by atoms with Crippen molar-refractivity contribution in [1.29, 1.82) is 0 Å². The van der Waals surface area contributed by atoms with E-state index in [1.54, 1.807) is 6.08 Å². The molecule has 2 heterocycles. The smallest absolute Gasteiger partial charge is 0.267 e. The molecule has 1 fully saturated rings. The minimum atomic E-state index is 0.0962. The number of aryl methyl sites for hydroxylation is 1. The molecule has 0 aromatic carbocycles. The first-order valence-electron chi connectivity index (χ1n) is 7.55. The van der Waals surface area contributed by atoms with Crippen molar-refractivity contribution < 1.29 is 9.53 Å². The zero-order valence-corrected chi connectivity index (χ0v) is 13.4. The van der Waals surface area contributed by atoms with Crippen LogP contribution in [0.15, 0.2) is 12.7 Å². The van der Waals surface area contributed by atoms with Crippen LogP contribution >= 0.6 is 11.5 Å². The highest BCUT2D eigenvalue weighted by Crippen LogP contribution is 2.22. The Bertz CT molecular complexity index is 467. The highest BCUT2D eigenvalue weighted by molar-refractivity contribution is 7.08. The van der Waals surface area contributed by atoms with Gasteiger partial charge in [-0.2, -0.15) is 0 Å². The number of aromatic nitrogens is 2. The molecular weight excluding hydrogens is 286 g/mol. The molecule has 1 aromatic heterocycles. The van der Waals surface area contributed by atoms with Crippen LogP contribution in [0.25, 0.3) is 0 Å². The van der Waals surface area contributed by atoms with Crippen LogP contribution in [0.5, 0.6) is 0 Å². The number of hydrogen-bond donors (Lipinski definition) is 0. The summed E-state index contributed by atoms with van der Waals surface area (Å²) in [6.07, 6.45) is 5.57. The zero-order valence-electron chi connectivity index (χ0n) is 12.6. The largest absolute Gasteiger partial charge is 0.377 e. The quantitative estimate of drug-likeness (QED) is 0.574. The van der Waals surface area contributed by atoms with Crippen molar-refractivity contribution >= 4 is 17.4 Å². The third-order valence-corrected chi connectivity index (χ3v) is 4.48. The van der Waals surface area contributed by atoms with Crippen molar-refractivity contribution in [2.75, 3.05) is 26.3 Å². The predicted octanol–water partition coefficient (Wildman–Crippen LogP) is 2.55. The third-order valence-electron chi connectivity index (χ3n) is 3.73. The van der Waals surface area contributed by atoms with E-state index in [4.69, 9.17) is 4.74 Å². The highest BCUT2D eigenvalue weighted by Gasteiger charge is 2.26. The van der Waals surface area contributed by atoms with Gasteiger partial charge in [-0.3, -0.25) is 4.79 Å². The first-order chi connectivity index (χ1) is 10.3. The molecule has 5 nitrogen and oxygen atoms in total. The molecule has 1 aliphatic heterocycles. The van der Waals surface area contributed by atoms with Gasteiger partial charge in [0, 0.05) is 19.7 Å². The molecule has 1 saturated heterocycles. The summed E-state index contributed by atoms with van der Waals surface area (Å²) in [5.74, 6) is 0.641. The van der Waals surface area contributed by atoms with E-state index in [1.807, 2.05) is 4.90 Å². The van der Waals surface area contributed by atoms with E-state index >= 15 is 0 Å². The Hall–Kier alpha value is -1.27. The Labute approximate surface area is 130 Å². The molecule has 2 rings (SSSR count). The molecule has 0 bridgehead atoms. The molecule has 6 heteroatoms. The maximum absolute atomic E-state index is 12.5. The second-order valence-corrected chi connectivity index (χ2v) is 6.11. The molecule has 0 spiro atoms. The number of piperidine rings is 1. The topological polar surface area (TPSA) is 55.3 Å². The van der Waals surface area contributed by atoms with Crippen molar-refractivity contribution in [3.05, 3.63) is 23.2 Å². The average molecular weight is 309 g/mol. The average Bonchev–Trinajstić information content (AvgIpc) is 2.96. The Morgan fingerprint density at radius 1 is 1.52 bits per heavy atom. The van der Waals surface area contributed by atoms with Crippen LogP contribution in [-0.2, 0) is 11.2 Å². The van der Waals surface area contributed by atoms with Crippen LogP contribution in [-0.4, -0.2) is 46.7 Å². The van der Waals surface area contributed by atoms with Gasteiger partial charge in [-0.1, -0.05) is 23.9 Å². The number of ether oxygens (including phenoxy) is 1. The van der Waals surface area contributed by atoms with Crippen LogP contribution in [0.3, 0.4) is 0 Å². The van der Waals surface area contributed by atoms with Gasteiger partial charge in [0.2, 0.25) is 0 Å². The maximum atomic E-state index is 12.5. The predicted molar refractivity (Wildman–Crippen MR) is 83.5 cm³/mol. The fraction of sp³-hybridized carbons (Fsp3) is 0.667. The second-order valence-electron chi connectivity index (χ2n) is 5.36. The summed E-state index contributed by atoms with van der Waals surface area (Å²) in [4.78, 5) is 15.2. The highest BCUT2D eigenvalue weighted by atomic mass is 32.1. The molecule has 1 aliphatic rings. The summed E-state index contributed by atoms with van der Waals surface area (Å²) in [5, 5.41) is 4.08. The Kier molecular flexibility index (Phi) is 6.32. The molecule has 0 aliphatic carbocycles. The molecule has 1 amide bonds. The van der Waals surface area contributed by atoms with Gasteiger partial charge in [-0.05, 0) is 36.7 Å². The Morgan fingerprint density at radius 2 is 2.29 bits per heavy atom. The standard InChI is InChI=1S/C15H23N3O2S/c1-3-5-13-14(21-17-16-13)15(19)18-8-6-12(7-9-18)11-20-10-4-2/h4,12H,2-3,5-11H2,1H3. The van der Waals surface area contributed by atoms with E-state index in [2.05, 4.69) is 23.1 Å². The number of nitrogens with zero attached hydrogens (tertiary/aromatic N) is 3. The van der Waals surface area contributed by atoms with Crippen LogP contribution in [0.1, 0.15) is 41.6 Å². The summed E-state index contributed by atoms with van der Waals surface area (Å²) in [6, 6.07) is 0. The lowest BCUT2D eigenvalue weighted by molar-refractivity contribution is 0.0578. The van der Waals surface area contributed by atoms with Crippen molar-refractivity contribution in [3.8, 4) is 0 Å². The van der Waals surface area contributed by atoms with Crippen LogP contribution < -0.4 is 0 Å². The lowest BCUT2D eigenvalue weighted by Crippen LogP contribution is -2.39. The number of likely N-dealkylation sites (tertiary alicyclic amines) is 1. The van der Waals surface area contributed by atoms with E-state index in [0.717, 1.165) is 56.0 Å². The maximum Gasteiger partial charge on any atom is 0.267 e. The van der Waals surface area contributed by atoms with Crippen molar-refractivity contribution in [1.82, 2.24) is 14.5 Å². The Balaban J connectivity index is 1.85. The van der Waals surface area contributed by atoms with Gasteiger partial charge >= 0.3 is 0 Å². The summed E-state index contributed by atoms with van der Waals surface area (Å²) >= 11 is 1.22. The van der Waals surface area contributed by atoms with E-state index in [1.165, 1.54) is 11.5 Å². The summed E-state index contributed by atoms with van der Waals surface area (Å²) in [5.41, 5.74) is 0.851. The molecule has 1 aromatic rings. The van der Waals surface area contributed by atoms with E-state index in [-0.39, 0.29) is 5.91 Å². The van der Waals surface area contributed by atoms with Gasteiger partial charge in [-0.25, -0.2) is 0 Å². The minimum absolute atomic E-state index is 0.0962. The van der Waals surface area contributed by atoms with Crippen molar-refractivity contribution in [2.24, 2.45) is 5.92 Å². The van der Waals surface area contributed by atoms with Gasteiger partial charge in [0.1, 0.15) is 4.88 Å².